The molecule has 1 aromatic rings. The number of rotatable bonds is 4. The highest BCUT2D eigenvalue weighted by Gasteiger charge is 1.88. The maximum atomic E-state index is 11.4. The third kappa shape index (κ3) is 3.19. The first-order valence-electron chi connectivity index (χ1n) is 3.84. The van der Waals surface area contributed by atoms with Crippen molar-refractivity contribution in [1.82, 2.24) is 0 Å². The van der Waals surface area contributed by atoms with E-state index in [-0.39, 0.29) is 0 Å². The summed E-state index contributed by atoms with van der Waals surface area (Å²) in [6.07, 6.45) is 2.26. The van der Waals surface area contributed by atoms with Crippen molar-refractivity contribution in [2.24, 2.45) is 0 Å². The summed E-state index contributed by atoms with van der Waals surface area (Å²) in [5, 5.41) is 0. The van der Waals surface area contributed by atoms with Gasteiger partial charge in [-0.1, -0.05) is 30.3 Å². The van der Waals surface area contributed by atoms with E-state index in [0.29, 0.717) is 12.9 Å². The first-order chi connectivity index (χ1) is 5.93. The van der Waals surface area contributed by atoms with Crippen molar-refractivity contribution in [2.45, 2.75) is 6.42 Å². The molecule has 2 heteroatoms. The van der Waals surface area contributed by atoms with E-state index >= 15 is 0 Å². The minimum absolute atomic E-state index is 0.394. The molecule has 0 aliphatic heterocycles. The molecular weight excluding hydrogens is 155 g/mol. The van der Waals surface area contributed by atoms with Gasteiger partial charge in [0.25, 0.3) is 0 Å². The fourth-order valence-electron chi connectivity index (χ4n) is 0.926. The molecule has 0 aliphatic carbocycles. The Balaban J connectivity index is 2.24. The Labute approximate surface area is 71.5 Å². The van der Waals surface area contributed by atoms with E-state index in [1.54, 1.807) is 0 Å². The molecular formula is C10H11FO. The van der Waals surface area contributed by atoms with Crippen LogP contribution in [0.1, 0.15) is 5.56 Å². The molecule has 0 saturated heterocycles. The third-order valence-electron chi connectivity index (χ3n) is 1.50. The Morgan fingerprint density at radius 2 is 2.00 bits per heavy atom. The van der Waals surface area contributed by atoms with Crippen molar-refractivity contribution < 1.29 is 9.13 Å². The topological polar surface area (TPSA) is 9.23 Å². The van der Waals surface area contributed by atoms with Gasteiger partial charge in [0, 0.05) is 6.42 Å². The molecule has 0 unspecified atom stereocenters. The largest absolute Gasteiger partial charge is 0.498 e. The lowest BCUT2D eigenvalue weighted by Gasteiger charge is -1.99. The second-order valence-corrected chi connectivity index (χ2v) is 2.37. The molecule has 0 N–H and O–H groups in total. The normalized spacial score (nSPS) is 10.4. The zero-order chi connectivity index (χ0) is 8.65. The van der Waals surface area contributed by atoms with Gasteiger partial charge < -0.3 is 4.74 Å². The SMILES string of the molecule is F/C=C\OCCc1ccccc1. The van der Waals surface area contributed by atoms with Gasteiger partial charge in [-0.25, -0.2) is 4.39 Å². The van der Waals surface area contributed by atoms with Gasteiger partial charge in [-0.05, 0) is 5.56 Å². The Bertz CT molecular complexity index is 231. The first kappa shape index (κ1) is 8.78. The second-order valence-electron chi connectivity index (χ2n) is 2.37. The predicted octanol–water partition coefficient (Wildman–Crippen LogP) is 2.69. The van der Waals surface area contributed by atoms with E-state index < -0.39 is 0 Å². The van der Waals surface area contributed by atoms with Crippen LogP contribution in [-0.2, 0) is 11.2 Å². The molecule has 0 fully saturated rings. The maximum Gasteiger partial charge on any atom is 0.121 e. The summed E-state index contributed by atoms with van der Waals surface area (Å²) in [5.74, 6) is 0. The Morgan fingerprint density at radius 1 is 1.25 bits per heavy atom. The van der Waals surface area contributed by atoms with Crippen molar-refractivity contribution in [3.63, 3.8) is 0 Å². The predicted molar refractivity (Wildman–Crippen MR) is 46.3 cm³/mol. The van der Waals surface area contributed by atoms with Crippen LogP contribution in [0.15, 0.2) is 42.9 Å². The summed E-state index contributed by atoms with van der Waals surface area (Å²) in [7, 11) is 0. The Morgan fingerprint density at radius 3 is 2.67 bits per heavy atom. The smallest absolute Gasteiger partial charge is 0.121 e. The van der Waals surface area contributed by atoms with Gasteiger partial charge in [0.2, 0.25) is 0 Å². The molecule has 12 heavy (non-hydrogen) atoms. The van der Waals surface area contributed by atoms with Gasteiger partial charge in [-0.15, -0.1) is 0 Å². The van der Waals surface area contributed by atoms with Gasteiger partial charge in [0.15, 0.2) is 0 Å². The molecule has 0 saturated carbocycles. The highest BCUT2D eigenvalue weighted by molar-refractivity contribution is 5.14. The number of halogens is 1. The van der Waals surface area contributed by atoms with Crippen LogP contribution in [0.2, 0.25) is 0 Å². The minimum atomic E-state index is 0.394. The zero-order valence-electron chi connectivity index (χ0n) is 6.74. The van der Waals surface area contributed by atoms with Crippen LogP contribution in [-0.4, -0.2) is 6.61 Å². The lowest BCUT2D eigenvalue weighted by atomic mass is 10.2. The fourth-order valence-corrected chi connectivity index (χ4v) is 0.926. The van der Waals surface area contributed by atoms with E-state index in [0.717, 1.165) is 12.7 Å². The zero-order valence-corrected chi connectivity index (χ0v) is 6.74. The first-order valence-corrected chi connectivity index (χ1v) is 3.84. The highest BCUT2D eigenvalue weighted by atomic mass is 19.1. The summed E-state index contributed by atoms with van der Waals surface area (Å²) in [5.41, 5.74) is 1.20. The Hall–Kier alpha value is -1.31. The lowest BCUT2D eigenvalue weighted by Crippen LogP contribution is -1.92. The van der Waals surface area contributed by atoms with Crippen molar-refractivity contribution in [2.75, 3.05) is 6.61 Å². The summed E-state index contributed by atoms with van der Waals surface area (Å²) in [6.45, 7) is 0.518. The Kier molecular flexibility index (Phi) is 3.92. The fraction of sp³-hybridized carbons (Fsp3) is 0.200. The van der Waals surface area contributed by atoms with Gasteiger partial charge in [0.1, 0.15) is 12.6 Å². The van der Waals surface area contributed by atoms with Gasteiger partial charge in [-0.3, -0.25) is 0 Å². The summed E-state index contributed by atoms with van der Waals surface area (Å²) >= 11 is 0. The highest BCUT2D eigenvalue weighted by Crippen LogP contribution is 1.99. The monoisotopic (exact) mass is 166 g/mol. The molecule has 0 aliphatic rings. The van der Waals surface area contributed by atoms with Crippen molar-refractivity contribution in [3.05, 3.63) is 48.5 Å². The molecule has 0 bridgehead atoms. The molecule has 64 valence electrons. The van der Waals surface area contributed by atoms with E-state index in [4.69, 9.17) is 4.74 Å². The minimum Gasteiger partial charge on any atom is -0.498 e. The number of hydrogen-bond donors (Lipinski definition) is 0. The van der Waals surface area contributed by atoms with Crippen LogP contribution >= 0.6 is 0 Å². The molecule has 1 nitrogen and oxygen atoms in total. The third-order valence-corrected chi connectivity index (χ3v) is 1.50. The average Bonchev–Trinajstić information content (AvgIpc) is 2.14. The van der Waals surface area contributed by atoms with Gasteiger partial charge >= 0.3 is 0 Å². The number of ether oxygens (including phenoxy) is 1. The maximum absolute atomic E-state index is 11.4. The molecule has 0 heterocycles. The van der Waals surface area contributed by atoms with Gasteiger partial charge in [-0.2, -0.15) is 0 Å². The van der Waals surface area contributed by atoms with E-state index in [2.05, 4.69) is 0 Å². The van der Waals surface area contributed by atoms with Crippen LogP contribution in [0.3, 0.4) is 0 Å². The molecule has 0 aromatic heterocycles. The molecule has 0 atom stereocenters. The number of benzene rings is 1. The van der Waals surface area contributed by atoms with Crippen LogP contribution in [0.25, 0.3) is 0 Å². The van der Waals surface area contributed by atoms with Crippen LogP contribution in [0.5, 0.6) is 0 Å². The van der Waals surface area contributed by atoms with E-state index in [1.807, 2.05) is 30.3 Å². The summed E-state index contributed by atoms with van der Waals surface area (Å²) in [6, 6.07) is 9.94. The lowest BCUT2D eigenvalue weighted by molar-refractivity contribution is 0.249. The van der Waals surface area contributed by atoms with Crippen LogP contribution in [0, 0.1) is 0 Å². The van der Waals surface area contributed by atoms with Crippen molar-refractivity contribution in [1.29, 1.82) is 0 Å². The average molecular weight is 166 g/mol. The van der Waals surface area contributed by atoms with E-state index in [1.165, 1.54) is 5.56 Å². The molecule has 1 aromatic carbocycles. The number of hydrogen-bond acceptors (Lipinski definition) is 1. The molecule has 0 spiro atoms. The van der Waals surface area contributed by atoms with Crippen LogP contribution in [0.4, 0.5) is 4.39 Å². The van der Waals surface area contributed by atoms with Crippen LogP contribution < -0.4 is 0 Å². The van der Waals surface area contributed by atoms with Gasteiger partial charge in [0.05, 0.1) is 6.61 Å². The molecule has 0 radical (unpaired) electrons. The molecule has 0 amide bonds. The quantitative estimate of drug-likeness (QED) is 0.493. The molecule has 1 rings (SSSR count). The van der Waals surface area contributed by atoms with Crippen molar-refractivity contribution >= 4 is 0 Å². The summed E-state index contributed by atoms with van der Waals surface area (Å²) < 4.78 is 16.2. The summed E-state index contributed by atoms with van der Waals surface area (Å²) in [4.78, 5) is 0. The second kappa shape index (κ2) is 5.35. The van der Waals surface area contributed by atoms with Crippen molar-refractivity contribution in [3.8, 4) is 0 Å². The van der Waals surface area contributed by atoms with E-state index in [9.17, 15) is 4.39 Å². The standard InChI is InChI=1S/C10H11FO/c11-7-9-12-8-6-10-4-2-1-3-5-10/h1-5,7,9H,6,8H2/b9-7-.